The van der Waals surface area contributed by atoms with Crippen molar-refractivity contribution < 1.29 is 21.9 Å². The number of sulfone groups is 1. The summed E-state index contributed by atoms with van der Waals surface area (Å²) < 4.78 is 57.4. The molecule has 0 saturated heterocycles. The molecule has 130 valence electrons. The Morgan fingerprint density at radius 3 is 2.64 bits per heavy atom. The van der Waals surface area contributed by atoms with Gasteiger partial charge < -0.3 is 4.74 Å². The zero-order valence-corrected chi connectivity index (χ0v) is 14.4. The first-order valence-electron chi connectivity index (χ1n) is 7.59. The van der Waals surface area contributed by atoms with Crippen molar-refractivity contribution in [2.24, 2.45) is 0 Å². The van der Waals surface area contributed by atoms with Gasteiger partial charge in [-0.3, -0.25) is 0 Å². The molecule has 0 unspecified atom stereocenters. The molecule has 2 aromatic carbocycles. The van der Waals surface area contributed by atoms with Crippen LogP contribution in [0, 0.1) is 17.1 Å². The van der Waals surface area contributed by atoms with E-state index in [1.54, 1.807) is 6.92 Å². The van der Waals surface area contributed by atoms with Gasteiger partial charge in [-0.15, -0.1) is 0 Å². The predicted octanol–water partition coefficient (Wildman–Crippen LogP) is 3.89. The summed E-state index contributed by atoms with van der Waals surface area (Å²) in [6.07, 6.45) is -0.120. The molecule has 1 aliphatic carbocycles. The molecule has 0 amide bonds. The Bertz CT molecular complexity index is 996. The van der Waals surface area contributed by atoms with Crippen LogP contribution < -0.4 is 4.74 Å². The number of hydrogen-bond donors (Lipinski definition) is 0. The first kappa shape index (κ1) is 17.4. The number of nitriles is 1. The van der Waals surface area contributed by atoms with E-state index in [2.05, 4.69) is 0 Å². The molecule has 0 fully saturated rings. The zero-order valence-electron chi connectivity index (χ0n) is 13.6. The van der Waals surface area contributed by atoms with Gasteiger partial charge in [0.15, 0.2) is 9.84 Å². The number of fused-ring (bicyclic) bond motifs is 1. The van der Waals surface area contributed by atoms with Gasteiger partial charge in [0.05, 0.1) is 16.5 Å². The van der Waals surface area contributed by atoms with E-state index in [-0.39, 0.29) is 28.4 Å². The third-order valence-corrected chi connectivity index (χ3v) is 5.45. The number of nitrogens with zero attached hydrogens (tertiary/aromatic N) is 1. The molecule has 25 heavy (non-hydrogen) atoms. The van der Waals surface area contributed by atoms with E-state index in [9.17, 15) is 17.2 Å². The Labute approximate surface area is 144 Å². The molecule has 2 aromatic rings. The minimum atomic E-state index is -3.52. The van der Waals surface area contributed by atoms with Crippen LogP contribution in [0.15, 0.2) is 35.2 Å². The molecule has 0 radical (unpaired) electrons. The van der Waals surface area contributed by atoms with Crippen LogP contribution in [0.2, 0.25) is 0 Å². The summed E-state index contributed by atoms with van der Waals surface area (Å²) in [5, 5.41) is 8.91. The lowest BCUT2D eigenvalue weighted by molar-refractivity contribution is 0.309. The second kappa shape index (κ2) is 6.12. The maximum absolute atomic E-state index is 14.2. The molecule has 0 spiro atoms. The molecule has 0 bridgehead atoms. The highest BCUT2D eigenvalue weighted by molar-refractivity contribution is 7.90. The average molecular weight is 363 g/mol. The molecular formula is C18H15F2NO3S. The summed E-state index contributed by atoms with van der Waals surface area (Å²) in [7, 11) is -3.52. The Balaban J connectivity index is 2.11. The average Bonchev–Trinajstić information content (AvgIpc) is 2.82. The summed E-state index contributed by atoms with van der Waals surface area (Å²) in [5.41, 5.74) is 0.964. The monoisotopic (exact) mass is 363 g/mol. The van der Waals surface area contributed by atoms with Crippen molar-refractivity contribution in [3.05, 3.63) is 52.8 Å². The largest absolute Gasteiger partial charge is 0.457 e. The summed E-state index contributed by atoms with van der Waals surface area (Å²) >= 11 is 0. The molecular weight excluding hydrogens is 348 g/mol. The van der Waals surface area contributed by atoms with E-state index >= 15 is 0 Å². The second-order valence-electron chi connectivity index (χ2n) is 6.12. The molecule has 4 nitrogen and oxygen atoms in total. The lowest BCUT2D eigenvalue weighted by Gasteiger charge is -2.15. The molecule has 0 aliphatic heterocycles. The highest BCUT2D eigenvalue weighted by Crippen LogP contribution is 2.44. The fourth-order valence-corrected chi connectivity index (χ4v) is 4.14. The Kier molecular flexibility index (Phi) is 4.25. The van der Waals surface area contributed by atoms with Crippen molar-refractivity contribution in [2.75, 3.05) is 6.26 Å². The number of hydrogen-bond acceptors (Lipinski definition) is 4. The molecule has 0 heterocycles. The third kappa shape index (κ3) is 3.22. The van der Waals surface area contributed by atoms with Crippen LogP contribution in [0.3, 0.4) is 0 Å². The van der Waals surface area contributed by atoms with Crippen molar-refractivity contribution in [1.29, 1.82) is 5.26 Å². The van der Waals surface area contributed by atoms with Gasteiger partial charge in [0.25, 0.3) is 0 Å². The molecule has 0 saturated carbocycles. The molecule has 7 heteroatoms. The smallest absolute Gasteiger partial charge is 0.175 e. The van der Waals surface area contributed by atoms with E-state index in [4.69, 9.17) is 10.00 Å². The highest BCUT2D eigenvalue weighted by atomic mass is 32.2. The summed E-state index contributed by atoms with van der Waals surface area (Å²) in [4.78, 5) is 0.0828. The van der Waals surface area contributed by atoms with Gasteiger partial charge in [-0.1, -0.05) is 6.92 Å². The molecule has 3 rings (SSSR count). The predicted molar refractivity (Wildman–Crippen MR) is 87.8 cm³/mol. The lowest BCUT2D eigenvalue weighted by Crippen LogP contribution is -2.07. The van der Waals surface area contributed by atoms with E-state index in [1.807, 2.05) is 6.07 Å². The van der Waals surface area contributed by atoms with Crippen molar-refractivity contribution >= 4 is 9.84 Å². The maximum Gasteiger partial charge on any atom is 0.175 e. The Hall–Kier alpha value is -2.46. The van der Waals surface area contributed by atoms with Gasteiger partial charge in [-0.2, -0.15) is 5.26 Å². The third-order valence-electron chi connectivity index (χ3n) is 4.30. The van der Waals surface area contributed by atoms with Gasteiger partial charge in [-0.05, 0) is 29.8 Å². The van der Waals surface area contributed by atoms with Gasteiger partial charge in [0.1, 0.15) is 23.5 Å². The molecule has 0 aromatic heterocycles. The first-order chi connectivity index (χ1) is 11.7. The van der Waals surface area contributed by atoms with Gasteiger partial charge in [-0.25, -0.2) is 17.2 Å². The van der Waals surface area contributed by atoms with Crippen molar-refractivity contribution in [3.8, 4) is 17.6 Å². The second-order valence-corrected chi connectivity index (χ2v) is 8.11. The van der Waals surface area contributed by atoms with Crippen LogP contribution in [0.4, 0.5) is 8.78 Å². The zero-order chi connectivity index (χ0) is 18.4. The first-order valence-corrected chi connectivity index (χ1v) is 9.48. The normalized spacial score (nSPS) is 19.3. The Morgan fingerprint density at radius 1 is 1.28 bits per heavy atom. The van der Waals surface area contributed by atoms with Gasteiger partial charge in [0, 0.05) is 30.2 Å². The molecule has 0 N–H and O–H groups in total. The van der Waals surface area contributed by atoms with Crippen LogP contribution in [-0.2, 0) is 16.3 Å². The van der Waals surface area contributed by atoms with Crippen LogP contribution in [0.5, 0.6) is 11.5 Å². The van der Waals surface area contributed by atoms with Crippen LogP contribution >= 0.6 is 0 Å². The van der Waals surface area contributed by atoms with Crippen LogP contribution in [0.25, 0.3) is 0 Å². The van der Waals surface area contributed by atoms with Crippen molar-refractivity contribution in [3.63, 3.8) is 0 Å². The van der Waals surface area contributed by atoms with Crippen molar-refractivity contribution in [2.45, 2.75) is 30.3 Å². The summed E-state index contributed by atoms with van der Waals surface area (Å²) in [5.74, 6) is -0.842. The summed E-state index contributed by atoms with van der Waals surface area (Å²) in [6.45, 7) is 1.63. The van der Waals surface area contributed by atoms with Crippen molar-refractivity contribution in [1.82, 2.24) is 0 Å². The van der Waals surface area contributed by atoms with Crippen LogP contribution in [-0.4, -0.2) is 20.8 Å². The molecule has 1 aliphatic rings. The molecule has 2 atom stereocenters. The minimum absolute atomic E-state index is 0.0234. The highest BCUT2D eigenvalue weighted by Gasteiger charge is 2.36. The number of benzene rings is 2. The van der Waals surface area contributed by atoms with Crippen LogP contribution in [0.1, 0.15) is 29.5 Å². The maximum atomic E-state index is 14.2. The lowest BCUT2D eigenvalue weighted by atomic mass is 10.0. The standard InChI is InChI=1S/C18H15F2NO3S/c1-10-15(20)8-14-16(3-4-17(18(10)14)25(2,22)23)24-13-6-11(9-21)5-12(19)7-13/h3-7,10,15H,8H2,1-2H3/t10-,15-/m1/s1. The van der Waals surface area contributed by atoms with Gasteiger partial charge in [0.2, 0.25) is 0 Å². The topological polar surface area (TPSA) is 67.2 Å². The van der Waals surface area contributed by atoms with E-state index in [0.29, 0.717) is 11.1 Å². The minimum Gasteiger partial charge on any atom is -0.457 e. The quantitative estimate of drug-likeness (QED) is 0.830. The Morgan fingerprint density at radius 2 is 2.00 bits per heavy atom. The van der Waals surface area contributed by atoms with E-state index < -0.39 is 27.7 Å². The van der Waals surface area contributed by atoms with Gasteiger partial charge >= 0.3 is 0 Å². The number of halogens is 2. The SMILES string of the molecule is C[C@H]1c2c(S(C)(=O)=O)ccc(Oc3cc(F)cc(C#N)c3)c2C[C@H]1F. The fraction of sp³-hybridized carbons (Fsp3) is 0.278. The number of ether oxygens (including phenoxy) is 1. The number of alkyl halides is 1. The van der Waals surface area contributed by atoms with E-state index in [1.165, 1.54) is 18.2 Å². The fourth-order valence-electron chi connectivity index (χ4n) is 3.12. The summed E-state index contributed by atoms with van der Waals surface area (Å²) in [6, 6.07) is 8.20. The van der Waals surface area contributed by atoms with E-state index in [0.717, 1.165) is 18.4 Å². The number of rotatable bonds is 3.